The fraction of sp³-hybridized carbons (Fsp3) is 0.360. The summed E-state index contributed by atoms with van der Waals surface area (Å²) in [6, 6.07) is 12.4. The van der Waals surface area contributed by atoms with Gasteiger partial charge in [-0.1, -0.05) is 17.7 Å². The van der Waals surface area contributed by atoms with Gasteiger partial charge in [0.05, 0.1) is 23.6 Å². The highest BCUT2D eigenvalue weighted by atomic mass is 35.5. The van der Waals surface area contributed by atoms with Crippen LogP contribution in [0.2, 0.25) is 5.02 Å². The number of anilines is 1. The van der Waals surface area contributed by atoms with Gasteiger partial charge in [-0.2, -0.15) is 0 Å². The quantitative estimate of drug-likeness (QED) is 0.263. The largest absolute Gasteiger partial charge is 0.465 e. The van der Waals surface area contributed by atoms with Crippen molar-refractivity contribution in [3.05, 3.63) is 68.2 Å². The smallest absolute Gasteiger partial charge is 0.337 e. The summed E-state index contributed by atoms with van der Waals surface area (Å²) < 4.78 is 6.04. The fourth-order valence-corrected chi connectivity index (χ4v) is 4.72. The number of methoxy groups -OCH3 is 1. The lowest BCUT2D eigenvalue weighted by Crippen LogP contribution is -2.47. The summed E-state index contributed by atoms with van der Waals surface area (Å²) in [6.07, 6.45) is 0.804. The molecule has 2 N–H and O–H groups in total. The zero-order chi connectivity index (χ0) is 25.7. The molecule has 0 bridgehead atoms. The van der Waals surface area contributed by atoms with Crippen LogP contribution in [-0.4, -0.2) is 72.7 Å². The summed E-state index contributed by atoms with van der Waals surface area (Å²) in [4.78, 5) is 44.7. The predicted octanol–water partition coefficient (Wildman–Crippen LogP) is 2.83. The highest BCUT2D eigenvalue weighted by Crippen LogP contribution is 2.20. The van der Waals surface area contributed by atoms with Crippen molar-refractivity contribution in [2.45, 2.75) is 13.0 Å². The van der Waals surface area contributed by atoms with Crippen LogP contribution in [0.15, 0.2) is 47.3 Å². The summed E-state index contributed by atoms with van der Waals surface area (Å²) in [7, 11) is 1.29. The van der Waals surface area contributed by atoms with Crippen molar-refractivity contribution in [3.63, 3.8) is 0 Å². The number of carbonyl (C=O) groups is 2. The third-order valence-corrected chi connectivity index (χ3v) is 6.78. The molecule has 1 amide bonds. The lowest BCUT2D eigenvalue weighted by Gasteiger charge is -2.36. The zero-order valence-corrected chi connectivity index (χ0v) is 21.5. The van der Waals surface area contributed by atoms with Crippen LogP contribution in [0.25, 0.3) is 10.9 Å². The number of benzene rings is 2. The number of nitrogens with zero attached hydrogens (tertiary/aromatic N) is 3. The van der Waals surface area contributed by atoms with E-state index >= 15 is 0 Å². The van der Waals surface area contributed by atoms with Gasteiger partial charge in [0.2, 0.25) is 5.91 Å². The molecule has 190 valence electrons. The summed E-state index contributed by atoms with van der Waals surface area (Å²) in [5.74, 6) is -0.796. The predicted molar refractivity (Wildman–Crippen MR) is 142 cm³/mol. The Labute approximate surface area is 218 Å². The van der Waals surface area contributed by atoms with E-state index < -0.39 is 11.5 Å². The standard InChI is InChI=1S/C25H28ClN5O4S/c1-35-24(34)17-6-7-20-21(14-17)28-25(36)31(23(20)33)16-22(32)27-8-3-9-29-10-12-30(13-11-29)19-5-2-4-18(26)15-19/h2,4-7,14-15H,3,8-13,16H2,1H3,(H,27,32)(H,28,36). The molecule has 4 rings (SSSR count). The number of H-pyrrole nitrogens is 1. The number of nitrogens with one attached hydrogen (secondary N) is 2. The Morgan fingerprint density at radius 3 is 2.64 bits per heavy atom. The molecule has 0 unspecified atom stereocenters. The molecule has 0 radical (unpaired) electrons. The number of rotatable bonds is 8. The number of piperazine rings is 1. The van der Waals surface area contributed by atoms with Crippen LogP contribution in [0.4, 0.5) is 5.69 Å². The van der Waals surface area contributed by atoms with E-state index in [0.29, 0.717) is 23.0 Å². The van der Waals surface area contributed by atoms with E-state index in [1.54, 1.807) is 0 Å². The maximum absolute atomic E-state index is 12.9. The normalized spacial score (nSPS) is 14.1. The molecule has 0 aliphatic carbocycles. The van der Waals surface area contributed by atoms with E-state index in [9.17, 15) is 14.4 Å². The van der Waals surface area contributed by atoms with Gasteiger partial charge in [-0.25, -0.2) is 4.79 Å². The monoisotopic (exact) mass is 529 g/mol. The van der Waals surface area contributed by atoms with E-state index in [4.69, 9.17) is 28.6 Å². The first-order chi connectivity index (χ1) is 17.4. The van der Waals surface area contributed by atoms with Crippen molar-refractivity contribution >= 4 is 52.3 Å². The molecular formula is C25H28ClN5O4S. The van der Waals surface area contributed by atoms with Crippen LogP contribution in [0.5, 0.6) is 0 Å². The highest BCUT2D eigenvalue weighted by Gasteiger charge is 2.17. The first-order valence-corrected chi connectivity index (χ1v) is 12.5. The molecule has 2 aromatic carbocycles. The third kappa shape index (κ3) is 6.13. The van der Waals surface area contributed by atoms with Crippen molar-refractivity contribution in [3.8, 4) is 0 Å². The minimum absolute atomic E-state index is 0.113. The van der Waals surface area contributed by atoms with Gasteiger partial charge in [-0.05, 0) is 61.6 Å². The summed E-state index contributed by atoms with van der Waals surface area (Å²) in [5, 5.41) is 3.95. The van der Waals surface area contributed by atoms with Gasteiger partial charge in [0.25, 0.3) is 5.56 Å². The van der Waals surface area contributed by atoms with Crippen LogP contribution < -0.4 is 15.8 Å². The molecule has 1 saturated heterocycles. The number of carbonyl (C=O) groups excluding carboxylic acids is 2. The molecule has 0 spiro atoms. The van der Waals surface area contributed by atoms with Crippen molar-refractivity contribution in [1.82, 2.24) is 19.8 Å². The summed E-state index contributed by atoms with van der Waals surface area (Å²) in [6.45, 7) is 4.95. The summed E-state index contributed by atoms with van der Waals surface area (Å²) in [5.41, 5.74) is 1.47. The second-order valence-electron chi connectivity index (χ2n) is 8.59. The van der Waals surface area contributed by atoms with Gasteiger partial charge < -0.3 is 19.9 Å². The molecule has 1 fully saturated rings. The van der Waals surface area contributed by atoms with Gasteiger partial charge in [-0.3, -0.25) is 19.1 Å². The average molecular weight is 530 g/mol. The molecule has 0 atom stereocenters. The number of halogens is 1. The van der Waals surface area contributed by atoms with Gasteiger partial charge >= 0.3 is 5.97 Å². The molecule has 11 heteroatoms. The fourth-order valence-electron chi connectivity index (χ4n) is 4.28. The molecule has 3 aromatic rings. The number of aromatic nitrogens is 2. The Bertz CT molecular complexity index is 1380. The van der Waals surface area contributed by atoms with E-state index in [0.717, 1.165) is 49.9 Å². The first kappa shape index (κ1) is 25.9. The van der Waals surface area contributed by atoms with Crippen molar-refractivity contribution < 1.29 is 14.3 Å². The van der Waals surface area contributed by atoms with Crippen molar-refractivity contribution in [2.24, 2.45) is 0 Å². The number of hydrogen-bond acceptors (Lipinski definition) is 7. The molecule has 1 aromatic heterocycles. The third-order valence-electron chi connectivity index (χ3n) is 6.22. The van der Waals surface area contributed by atoms with Gasteiger partial charge in [-0.15, -0.1) is 0 Å². The Balaban J connectivity index is 1.25. The molecule has 0 saturated carbocycles. The molecule has 2 heterocycles. The first-order valence-electron chi connectivity index (χ1n) is 11.7. The van der Waals surface area contributed by atoms with Gasteiger partial charge in [0, 0.05) is 43.4 Å². The molecular weight excluding hydrogens is 502 g/mol. The lowest BCUT2D eigenvalue weighted by molar-refractivity contribution is -0.121. The minimum Gasteiger partial charge on any atom is -0.465 e. The van der Waals surface area contributed by atoms with Crippen LogP contribution in [0.3, 0.4) is 0 Å². The lowest BCUT2D eigenvalue weighted by atomic mass is 10.1. The van der Waals surface area contributed by atoms with Crippen molar-refractivity contribution in [2.75, 3.05) is 51.3 Å². The van der Waals surface area contributed by atoms with Gasteiger partial charge in [0.1, 0.15) is 6.54 Å². The molecule has 36 heavy (non-hydrogen) atoms. The number of aromatic amines is 1. The number of ether oxygens (including phenoxy) is 1. The number of fused-ring (bicyclic) bond motifs is 1. The maximum atomic E-state index is 12.9. The van der Waals surface area contributed by atoms with Crippen LogP contribution in [0, 0.1) is 4.77 Å². The zero-order valence-electron chi connectivity index (χ0n) is 20.0. The molecule has 1 aliphatic heterocycles. The summed E-state index contributed by atoms with van der Waals surface area (Å²) >= 11 is 11.4. The SMILES string of the molecule is COC(=O)c1ccc2c(=O)n(CC(=O)NCCCN3CCN(c4cccc(Cl)c4)CC3)c(=S)[nH]c2c1. The van der Waals surface area contributed by atoms with Gasteiger partial charge in [0.15, 0.2) is 4.77 Å². The second-order valence-corrected chi connectivity index (χ2v) is 9.41. The maximum Gasteiger partial charge on any atom is 0.337 e. The van der Waals surface area contributed by atoms with Crippen LogP contribution in [-0.2, 0) is 16.1 Å². The number of esters is 1. The number of hydrogen-bond donors (Lipinski definition) is 2. The highest BCUT2D eigenvalue weighted by molar-refractivity contribution is 7.71. The Hall–Kier alpha value is -3.21. The van der Waals surface area contributed by atoms with Crippen LogP contribution in [0.1, 0.15) is 16.8 Å². The van der Waals surface area contributed by atoms with E-state index in [2.05, 4.69) is 26.2 Å². The van der Waals surface area contributed by atoms with E-state index in [-0.39, 0.29) is 17.2 Å². The average Bonchev–Trinajstić information content (AvgIpc) is 2.88. The Kier molecular flexibility index (Phi) is 8.40. The second kappa shape index (κ2) is 11.7. The van der Waals surface area contributed by atoms with E-state index in [1.807, 2.05) is 18.2 Å². The van der Waals surface area contributed by atoms with Crippen molar-refractivity contribution in [1.29, 1.82) is 0 Å². The van der Waals surface area contributed by atoms with Crippen LogP contribution >= 0.6 is 23.8 Å². The topological polar surface area (TPSA) is 99.7 Å². The van der Waals surface area contributed by atoms with E-state index in [1.165, 1.54) is 29.9 Å². The minimum atomic E-state index is -0.511. The molecule has 1 aliphatic rings. The molecule has 9 nitrogen and oxygen atoms in total. The Morgan fingerprint density at radius 2 is 1.92 bits per heavy atom. The Morgan fingerprint density at radius 1 is 1.14 bits per heavy atom. The number of amides is 1.